The van der Waals surface area contributed by atoms with Gasteiger partial charge in [-0.15, -0.1) is 11.3 Å². The molecule has 0 N–H and O–H groups in total. The summed E-state index contributed by atoms with van der Waals surface area (Å²) in [5.74, 6) is 1.70. The van der Waals surface area contributed by atoms with Crippen LogP contribution in [-0.4, -0.2) is 15.0 Å². The molecule has 0 atom stereocenters. The van der Waals surface area contributed by atoms with Crippen LogP contribution in [0.4, 0.5) is 0 Å². The minimum atomic E-state index is 0.558. The minimum Gasteiger partial charge on any atom is -0.456 e. The highest BCUT2D eigenvalue weighted by Crippen LogP contribution is 2.44. The molecule has 12 aromatic rings. The number of benzene rings is 8. The number of thiophene rings is 1. The van der Waals surface area contributed by atoms with Crippen molar-refractivity contribution >= 4 is 75.4 Å². The molecule has 0 amide bonds. The van der Waals surface area contributed by atoms with Gasteiger partial charge in [-0.1, -0.05) is 121 Å². The molecule has 0 saturated heterocycles. The van der Waals surface area contributed by atoms with Crippen LogP contribution in [0.1, 0.15) is 0 Å². The Balaban J connectivity index is 1.08. The molecule has 5 nitrogen and oxygen atoms in total. The Morgan fingerprint density at radius 2 is 0.930 bits per heavy atom. The second kappa shape index (κ2) is 12.6. The summed E-state index contributed by atoms with van der Waals surface area (Å²) >= 11 is 1.82. The third kappa shape index (κ3) is 5.19. The van der Waals surface area contributed by atoms with Gasteiger partial charge in [-0.3, -0.25) is 0 Å². The first-order chi connectivity index (χ1) is 28.2. The quantitative estimate of drug-likeness (QED) is 0.175. The summed E-state index contributed by atoms with van der Waals surface area (Å²) < 4.78 is 15.6. The topological polar surface area (TPSA) is 65.0 Å². The van der Waals surface area contributed by atoms with E-state index in [-0.39, 0.29) is 0 Å². The van der Waals surface area contributed by atoms with E-state index >= 15 is 0 Å². The van der Waals surface area contributed by atoms with Crippen LogP contribution in [0, 0.1) is 0 Å². The van der Waals surface area contributed by atoms with Crippen LogP contribution in [0.25, 0.3) is 120 Å². The van der Waals surface area contributed by atoms with Crippen LogP contribution in [0.15, 0.2) is 185 Å². The maximum absolute atomic E-state index is 6.76. The Hall–Kier alpha value is -7.41. The van der Waals surface area contributed by atoms with E-state index in [9.17, 15) is 0 Å². The lowest BCUT2D eigenvalue weighted by Crippen LogP contribution is -2.01. The number of para-hydroxylation sites is 2. The van der Waals surface area contributed by atoms with Gasteiger partial charge in [0.2, 0.25) is 0 Å². The highest BCUT2D eigenvalue weighted by Gasteiger charge is 2.22. The van der Waals surface area contributed by atoms with Gasteiger partial charge in [-0.25, -0.2) is 15.0 Å². The van der Waals surface area contributed by atoms with Gasteiger partial charge in [0.25, 0.3) is 0 Å². The van der Waals surface area contributed by atoms with Crippen LogP contribution in [0.3, 0.4) is 0 Å². The molecular formula is C51H29N3O2S. The molecule has 6 heteroatoms. The van der Waals surface area contributed by atoms with Crippen LogP contribution in [0.2, 0.25) is 0 Å². The lowest BCUT2D eigenvalue weighted by Gasteiger charge is -2.11. The molecule has 0 unspecified atom stereocenters. The lowest BCUT2D eigenvalue weighted by atomic mass is 9.97. The van der Waals surface area contributed by atoms with Gasteiger partial charge in [0, 0.05) is 64.0 Å². The second-order valence-corrected chi connectivity index (χ2v) is 15.4. The SMILES string of the molecule is c1ccc(-c2cccc(-c3nc(-c4ccc5c(c4)oc4ccccc45)nc(-c4ccc(-c5ccc6c(c5)sc5ccccc56)c5oc6ccccc6c45)n3)c2)cc1. The summed E-state index contributed by atoms with van der Waals surface area (Å²) in [6.45, 7) is 0. The molecule has 0 fully saturated rings. The van der Waals surface area contributed by atoms with Crippen molar-refractivity contribution in [2.24, 2.45) is 0 Å². The fourth-order valence-corrected chi connectivity index (χ4v) is 9.37. The number of nitrogens with zero attached hydrogens (tertiary/aromatic N) is 3. The largest absolute Gasteiger partial charge is 0.456 e. The molecule has 266 valence electrons. The second-order valence-electron chi connectivity index (χ2n) is 14.3. The molecule has 0 spiro atoms. The number of furan rings is 2. The highest BCUT2D eigenvalue weighted by atomic mass is 32.1. The zero-order chi connectivity index (χ0) is 37.5. The standard InChI is InChI=1S/C51H29N3O2S/c1-2-11-30(12-3-1)31-13-10-14-33(27-31)49-52-50(34-22-23-37-36-15-4-7-18-42(36)55-44(37)28-34)54-51(53-49)41-26-25-35(48-47(41)40-17-5-8-19-43(40)56-48)32-21-24-39-38-16-6-9-20-45(38)57-46(39)29-32/h1-29H. The lowest BCUT2D eigenvalue weighted by molar-refractivity contribution is 0.669. The van der Waals surface area contributed by atoms with Gasteiger partial charge in [0.05, 0.1) is 0 Å². The molecular weight excluding hydrogens is 719 g/mol. The summed E-state index contributed by atoms with van der Waals surface area (Å²) in [6.07, 6.45) is 0. The van der Waals surface area contributed by atoms with E-state index in [1.54, 1.807) is 0 Å². The van der Waals surface area contributed by atoms with E-state index in [1.165, 1.54) is 20.2 Å². The number of hydrogen-bond donors (Lipinski definition) is 0. The number of rotatable bonds is 5. The Bertz CT molecular complexity index is 3540. The third-order valence-electron chi connectivity index (χ3n) is 11.0. The smallest absolute Gasteiger partial charge is 0.164 e. The summed E-state index contributed by atoms with van der Waals surface area (Å²) in [5.41, 5.74) is 10.2. The van der Waals surface area contributed by atoms with Crippen molar-refractivity contribution in [3.05, 3.63) is 176 Å². The van der Waals surface area contributed by atoms with E-state index in [2.05, 4.69) is 133 Å². The first-order valence-corrected chi connectivity index (χ1v) is 19.7. The summed E-state index contributed by atoms with van der Waals surface area (Å²) in [6, 6.07) is 60.9. The van der Waals surface area contributed by atoms with E-state index in [0.29, 0.717) is 17.5 Å². The average Bonchev–Trinajstić information content (AvgIpc) is 3.97. The minimum absolute atomic E-state index is 0.558. The fourth-order valence-electron chi connectivity index (χ4n) is 8.22. The van der Waals surface area contributed by atoms with Gasteiger partial charge in [0.1, 0.15) is 22.3 Å². The first-order valence-electron chi connectivity index (χ1n) is 18.9. The molecule has 4 aromatic heterocycles. The predicted molar refractivity (Wildman–Crippen MR) is 234 cm³/mol. The fraction of sp³-hybridized carbons (Fsp3) is 0. The van der Waals surface area contributed by atoms with E-state index < -0.39 is 0 Å². The summed E-state index contributed by atoms with van der Waals surface area (Å²) in [7, 11) is 0. The Morgan fingerprint density at radius 1 is 0.333 bits per heavy atom. The normalized spacial score (nSPS) is 11.9. The van der Waals surface area contributed by atoms with E-state index in [4.69, 9.17) is 23.8 Å². The molecule has 8 aromatic carbocycles. The van der Waals surface area contributed by atoms with Crippen LogP contribution < -0.4 is 0 Å². The first kappa shape index (κ1) is 31.9. The van der Waals surface area contributed by atoms with Crippen molar-refractivity contribution in [1.82, 2.24) is 15.0 Å². The molecule has 0 saturated carbocycles. The summed E-state index contributed by atoms with van der Waals surface area (Å²) in [4.78, 5) is 15.6. The molecule has 0 radical (unpaired) electrons. The molecule has 0 aliphatic rings. The molecule has 0 bridgehead atoms. The van der Waals surface area contributed by atoms with Gasteiger partial charge >= 0.3 is 0 Å². The van der Waals surface area contributed by atoms with Crippen molar-refractivity contribution in [2.45, 2.75) is 0 Å². The van der Waals surface area contributed by atoms with E-state index in [0.717, 1.165) is 82.8 Å². The van der Waals surface area contributed by atoms with Gasteiger partial charge < -0.3 is 8.83 Å². The van der Waals surface area contributed by atoms with Gasteiger partial charge in [-0.2, -0.15) is 0 Å². The van der Waals surface area contributed by atoms with Crippen molar-refractivity contribution in [3.63, 3.8) is 0 Å². The zero-order valence-electron chi connectivity index (χ0n) is 30.3. The molecule has 12 rings (SSSR count). The number of aromatic nitrogens is 3. The average molecular weight is 748 g/mol. The Kier molecular flexibility index (Phi) is 7.03. The van der Waals surface area contributed by atoms with Crippen LogP contribution >= 0.6 is 11.3 Å². The number of fused-ring (bicyclic) bond motifs is 9. The Morgan fingerprint density at radius 3 is 1.79 bits per heavy atom. The molecule has 0 aliphatic heterocycles. The number of hydrogen-bond acceptors (Lipinski definition) is 6. The molecule has 57 heavy (non-hydrogen) atoms. The van der Waals surface area contributed by atoms with Crippen molar-refractivity contribution in [1.29, 1.82) is 0 Å². The Labute approximate surface area is 330 Å². The van der Waals surface area contributed by atoms with Crippen LogP contribution in [-0.2, 0) is 0 Å². The zero-order valence-corrected chi connectivity index (χ0v) is 31.1. The van der Waals surface area contributed by atoms with Crippen molar-refractivity contribution in [2.75, 3.05) is 0 Å². The van der Waals surface area contributed by atoms with Gasteiger partial charge in [0.15, 0.2) is 17.5 Å². The van der Waals surface area contributed by atoms with Crippen molar-refractivity contribution < 1.29 is 8.83 Å². The van der Waals surface area contributed by atoms with E-state index in [1.807, 2.05) is 53.8 Å². The monoisotopic (exact) mass is 747 g/mol. The predicted octanol–water partition coefficient (Wildman–Crippen LogP) is 14.4. The highest BCUT2D eigenvalue weighted by molar-refractivity contribution is 7.25. The molecule has 4 heterocycles. The molecule has 0 aliphatic carbocycles. The maximum Gasteiger partial charge on any atom is 0.164 e. The van der Waals surface area contributed by atoms with Gasteiger partial charge in [-0.05, 0) is 71.3 Å². The maximum atomic E-state index is 6.76. The summed E-state index contributed by atoms with van der Waals surface area (Å²) in [5, 5.41) is 6.65. The third-order valence-corrected chi connectivity index (χ3v) is 12.1. The van der Waals surface area contributed by atoms with Crippen LogP contribution in [0.5, 0.6) is 0 Å². The van der Waals surface area contributed by atoms with Crippen molar-refractivity contribution in [3.8, 4) is 56.4 Å².